The summed E-state index contributed by atoms with van der Waals surface area (Å²) in [4.78, 5) is 4.39. The van der Waals surface area contributed by atoms with Crippen LogP contribution < -0.4 is 0 Å². The maximum absolute atomic E-state index is 4.39. The lowest BCUT2D eigenvalue weighted by atomic mass is 9.99. The summed E-state index contributed by atoms with van der Waals surface area (Å²) in [5.41, 5.74) is 2.77. The average molecular weight is 147 g/mol. The molecule has 11 heavy (non-hydrogen) atoms. The maximum atomic E-state index is 4.39. The minimum absolute atomic E-state index is 0.659. The maximum Gasteiger partial charge on any atom is 0.0466 e. The van der Waals surface area contributed by atoms with Crippen LogP contribution in [0.1, 0.15) is 31.0 Å². The van der Waals surface area contributed by atoms with Gasteiger partial charge in [0.1, 0.15) is 0 Å². The van der Waals surface area contributed by atoms with Gasteiger partial charge in [-0.1, -0.05) is 19.9 Å². The number of nitrogens with zero attached hydrogens (tertiary/aromatic N) is 1. The highest BCUT2D eigenvalue weighted by Gasteiger charge is 2.25. The van der Waals surface area contributed by atoms with Gasteiger partial charge in [-0.25, -0.2) is 0 Å². The largest absolute Gasteiger partial charge is 0.261 e. The Bertz CT molecular complexity index is 267. The Labute approximate surface area is 67.5 Å². The summed E-state index contributed by atoms with van der Waals surface area (Å²) in [5, 5.41) is 0. The average Bonchev–Trinajstić information content (AvgIpc) is 2.30. The van der Waals surface area contributed by atoms with Crippen LogP contribution in [0.25, 0.3) is 0 Å². The van der Waals surface area contributed by atoms with E-state index in [2.05, 4.69) is 24.9 Å². The standard InChI is InChI=1S/C10H13N/c1-7-6-9-4-3-5-11-10(9)8(7)2/h3-5,7-8H,6H2,1-2H3/t7-,8-/m0/s1. The highest BCUT2D eigenvalue weighted by Crippen LogP contribution is 2.35. The van der Waals surface area contributed by atoms with Crippen LogP contribution in [0.4, 0.5) is 0 Å². The van der Waals surface area contributed by atoms with Crippen molar-refractivity contribution in [2.45, 2.75) is 26.2 Å². The lowest BCUT2D eigenvalue weighted by Crippen LogP contribution is -1.98. The van der Waals surface area contributed by atoms with Gasteiger partial charge in [0, 0.05) is 17.8 Å². The van der Waals surface area contributed by atoms with E-state index in [9.17, 15) is 0 Å². The highest BCUT2D eigenvalue weighted by molar-refractivity contribution is 5.29. The second-order valence-corrected chi connectivity index (χ2v) is 3.52. The van der Waals surface area contributed by atoms with Crippen LogP contribution in [0.15, 0.2) is 18.3 Å². The summed E-state index contributed by atoms with van der Waals surface area (Å²) >= 11 is 0. The molecule has 1 aromatic rings. The fourth-order valence-corrected chi connectivity index (χ4v) is 1.83. The van der Waals surface area contributed by atoms with E-state index in [4.69, 9.17) is 0 Å². The van der Waals surface area contributed by atoms with Crippen molar-refractivity contribution in [2.75, 3.05) is 0 Å². The molecule has 1 aliphatic rings. The van der Waals surface area contributed by atoms with Crippen molar-refractivity contribution in [3.8, 4) is 0 Å². The minimum Gasteiger partial charge on any atom is -0.261 e. The van der Waals surface area contributed by atoms with Crippen LogP contribution in [-0.4, -0.2) is 4.98 Å². The van der Waals surface area contributed by atoms with E-state index < -0.39 is 0 Å². The van der Waals surface area contributed by atoms with E-state index in [-0.39, 0.29) is 0 Å². The van der Waals surface area contributed by atoms with E-state index in [0.29, 0.717) is 5.92 Å². The van der Waals surface area contributed by atoms with E-state index >= 15 is 0 Å². The molecule has 0 aromatic carbocycles. The first kappa shape index (κ1) is 6.84. The van der Waals surface area contributed by atoms with Crippen LogP contribution in [0.3, 0.4) is 0 Å². The number of pyridine rings is 1. The van der Waals surface area contributed by atoms with E-state index in [1.165, 1.54) is 17.7 Å². The molecule has 1 aliphatic carbocycles. The van der Waals surface area contributed by atoms with Gasteiger partial charge < -0.3 is 0 Å². The summed E-state index contributed by atoms with van der Waals surface area (Å²) < 4.78 is 0. The van der Waals surface area contributed by atoms with Crippen molar-refractivity contribution < 1.29 is 0 Å². The Hall–Kier alpha value is -0.850. The number of aromatic nitrogens is 1. The molecule has 0 spiro atoms. The zero-order chi connectivity index (χ0) is 7.84. The molecule has 0 fully saturated rings. The first-order valence-corrected chi connectivity index (χ1v) is 4.23. The molecule has 1 aromatic heterocycles. The smallest absolute Gasteiger partial charge is 0.0466 e. The SMILES string of the molecule is C[C@@H]1c2ncccc2C[C@@H]1C. The molecular formula is C10H13N. The Morgan fingerprint density at radius 3 is 3.00 bits per heavy atom. The fourth-order valence-electron chi connectivity index (χ4n) is 1.83. The monoisotopic (exact) mass is 147 g/mol. The molecule has 1 heterocycles. The van der Waals surface area contributed by atoms with E-state index in [1.807, 2.05) is 12.3 Å². The summed E-state index contributed by atoms with van der Waals surface area (Å²) in [6.07, 6.45) is 3.11. The lowest BCUT2D eigenvalue weighted by Gasteiger charge is -2.07. The number of rotatable bonds is 0. The van der Waals surface area contributed by atoms with E-state index in [1.54, 1.807) is 0 Å². The zero-order valence-electron chi connectivity index (χ0n) is 7.04. The molecular weight excluding hydrogens is 134 g/mol. The van der Waals surface area contributed by atoms with Crippen molar-refractivity contribution in [3.05, 3.63) is 29.6 Å². The van der Waals surface area contributed by atoms with Crippen LogP contribution in [0, 0.1) is 5.92 Å². The molecule has 2 atom stereocenters. The van der Waals surface area contributed by atoms with Gasteiger partial charge >= 0.3 is 0 Å². The van der Waals surface area contributed by atoms with Crippen molar-refractivity contribution >= 4 is 0 Å². The molecule has 0 N–H and O–H groups in total. The number of hydrogen-bond donors (Lipinski definition) is 0. The molecule has 1 heteroatoms. The molecule has 0 amide bonds. The van der Waals surface area contributed by atoms with Crippen molar-refractivity contribution in [1.82, 2.24) is 4.98 Å². The molecule has 1 nitrogen and oxygen atoms in total. The third-order valence-electron chi connectivity index (χ3n) is 2.75. The first-order chi connectivity index (χ1) is 5.29. The van der Waals surface area contributed by atoms with E-state index in [0.717, 1.165) is 5.92 Å². The van der Waals surface area contributed by atoms with Crippen molar-refractivity contribution in [2.24, 2.45) is 5.92 Å². The number of hydrogen-bond acceptors (Lipinski definition) is 1. The molecule has 0 saturated carbocycles. The Balaban J connectivity index is 2.47. The molecule has 58 valence electrons. The second kappa shape index (κ2) is 2.33. The van der Waals surface area contributed by atoms with Gasteiger partial charge in [-0.15, -0.1) is 0 Å². The number of fused-ring (bicyclic) bond motifs is 1. The normalized spacial score (nSPS) is 28.5. The van der Waals surface area contributed by atoms with Gasteiger partial charge in [0.15, 0.2) is 0 Å². The fraction of sp³-hybridized carbons (Fsp3) is 0.500. The van der Waals surface area contributed by atoms with Gasteiger partial charge in [-0.05, 0) is 24.0 Å². The summed E-state index contributed by atoms with van der Waals surface area (Å²) in [7, 11) is 0. The topological polar surface area (TPSA) is 12.9 Å². The van der Waals surface area contributed by atoms with Gasteiger partial charge in [-0.2, -0.15) is 0 Å². The Morgan fingerprint density at radius 2 is 2.27 bits per heavy atom. The molecule has 0 aliphatic heterocycles. The van der Waals surface area contributed by atoms with Crippen molar-refractivity contribution in [1.29, 1.82) is 0 Å². The Morgan fingerprint density at radius 1 is 1.45 bits per heavy atom. The second-order valence-electron chi connectivity index (χ2n) is 3.52. The molecule has 0 radical (unpaired) electrons. The summed E-state index contributed by atoms with van der Waals surface area (Å²) in [6, 6.07) is 4.23. The third kappa shape index (κ3) is 0.953. The third-order valence-corrected chi connectivity index (χ3v) is 2.75. The summed E-state index contributed by atoms with van der Waals surface area (Å²) in [6.45, 7) is 4.57. The Kier molecular flexibility index (Phi) is 1.45. The van der Waals surface area contributed by atoms with Crippen LogP contribution in [-0.2, 0) is 6.42 Å². The molecule has 0 saturated heterocycles. The van der Waals surface area contributed by atoms with Gasteiger partial charge in [0.25, 0.3) is 0 Å². The quantitative estimate of drug-likeness (QED) is 0.549. The summed E-state index contributed by atoms with van der Waals surface area (Å²) in [5.74, 6) is 1.44. The zero-order valence-corrected chi connectivity index (χ0v) is 7.04. The molecule has 2 rings (SSSR count). The van der Waals surface area contributed by atoms with Gasteiger partial charge in [0.05, 0.1) is 0 Å². The van der Waals surface area contributed by atoms with Crippen LogP contribution >= 0.6 is 0 Å². The lowest BCUT2D eigenvalue weighted by molar-refractivity contribution is 0.526. The molecule has 0 unspecified atom stereocenters. The van der Waals surface area contributed by atoms with Crippen LogP contribution in [0.2, 0.25) is 0 Å². The first-order valence-electron chi connectivity index (χ1n) is 4.23. The van der Waals surface area contributed by atoms with Gasteiger partial charge in [-0.3, -0.25) is 4.98 Å². The van der Waals surface area contributed by atoms with Gasteiger partial charge in [0.2, 0.25) is 0 Å². The van der Waals surface area contributed by atoms with Crippen LogP contribution in [0.5, 0.6) is 0 Å². The predicted molar refractivity (Wildman–Crippen MR) is 45.5 cm³/mol. The minimum atomic E-state index is 0.659. The van der Waals surface area contributed by atoms with Crippen molar-refractivity contribution in [3.63, 3.8) is 0 Å². The molecule has 0 bridgehead atoms. The highest BCUT2D eigenvalue weighted by atomic mass is 14.7. The predicted octanol–water partition coefficient (Wildman–Crippen LogP) is 2.38.